The number of pyridine rings is 1. The summed E-state index contributed by atoms with van der Waals surface area (Å²) >= 11 is 3.40. The first kappa shape index (κ1) is 12.0. The molecule has 0 aliphatic heterocycles. The number of aromatic nitrogens is 1. The van der Waals surface area contributed by atoms with E-state index in [-0.39, 0.29) is 11.8 Å². The van der Waals surface area contributed by atoms with E-state index < -0.39 is 0 Å². The number of hydrogen-bond donors (Lipinski definition) is 0. The zero-order valence-electron chi connectivity index (χ0n) is 9.51. The summed E-state index contributed by atoms with van der Waals surface area (Å²) in [6, 6.07) is 13.0. The maximum absolute atomic E-state index is 12.2. The molecular formula is C14H13BrNO+. The summed E-state index contributed by atoms with van der Waals surface area (Å²) in [5, 5.41) is 0. The minimum atomic E-state index is -0.199. The van der Waals surface area contributed by atoms with Crippen LogP contribution in [0, 0.1) is 0 Å². The summed E-state index contributed by atoms with van der Waals surface area (Å²) in [4.78, 5) is 12.2. The Balaban J connectivity index is 2.27. The Kier molecular flexibility index (Phi) is 3.69. The standard InChI is InChI=1S/C14H13BrNO/c1-11(16-9-5-8-13(15)10-16)14(17)12-6-3-2-4-7-12/h2-11H,1H3/q+1/t11-/m1/s1. The summed E-state index contributed by atoms with van der Waals surface area (Å²) in [5.41, 5.74) is 0.743. The molecule has 2 nitrogen and oxygen atoms in total. The number of carbonyl (C=O) groups excluding carboxylic acids is 1. The normalized spacial score (nSPS) is 12.1. The second kappa shape index (κ2) is 5.23. The van der Waals surface area contributed by atoms with Gasteiger partial charge >= 0.3 is 0 Å². The highest BCUT2D eigenvalue weighted by atomic mass is 79.9. The first-order valence-corrected chi connectivity index (χ1v) is 6.23. The molecule has 2 aromatic rings. The fourth-order valence-corrected chi connectivity index (χ4v) is 2.07. The molecule has 0 aliphatic carbocycles. The van der Waals surface area contributed by atoms with Crippen molar-refractivity contribution in [2.75, 3.05) is 0 Å². The Morgan fingerprint density at radius 2 is 1.88 bits per heavy atom. The Bertz CT molecular complexity index is 525. The van der Waals surface area contributed by atoms with Crippen molar-refractivity contribution in [1.29, 1.82) is 0 Å². The lowest BCUT2D eigenvalue weighted by molar-refractivity contribution is -0.705. The minimum Gasteiger partial charge on any atom is -0.287 e. The molecule has 0 fully saturated rings. The lowest BCUT2D eigenvalue weighted by atomic mass is 10.1. The molecule has 0 saturated carbocycles. The van der Waals surface area contributed by atoms with Gasteiger partial charge in [-0.3, -0.25) is 4.79 Å². The highest BCUT2D eigenvalue weighted by Crippen LogP contribution is 2.10. The van der Waals surface area contributed by atoms with E-state index in [9.17, 15) is 4.79 Å². The fourth-order valence-electron chi connectivity index (χ4n) is 1.68. The molecule has 3 heteroatoms. The second-order valence-electron chi connectivity index (χ2n) is 3.88. The average Bonchev–Trinajstić information content (AvgIpc) is 2.38. The molecule has 2 rings (SSSR count). The Hall–Kier alpha value is -1.48. The van der Waals surface area contributed by atoms with E-state index in [1.807, 2.05) is 66.3 Å². The van der Waals surface area contributed by atoms with Crippen molar-refractivity contribution in [3.63, 3.8) is 0 Å². The predicted octanol–water partition coefficient (Wildman–Crippen LogP) is 3.18. The van der Waals surface area contributed by atoms with Gasteiger partial charge in [0.25, 0.3) is 0 Å². The van der Waals surface area contributed by atoms with Crippen molar-refractivity contribution in [2.45, 2.75) is 13.0 Å². The number of Topliss-reactive ketones (excluding diaryl/α,β-unsaturated/α-hetero) is 1. The predicted molar refractivity (Wildman–Crippen MR) is 69.8 cm³/mol. The molecule has 0 bridgehead atoms. The molecule has 17 heavy (non-hydrogen) atoms. The lowest BCUT2D eigenvalue weighted by Crippen LogP contribution is -2.41. The van der Waals surface area contributed by atoms with Crippen molar-refractivity contribution in [3.8, 4) is 0 Å². The second-order valence-corrected chi connectivity index (χ2v) is 4.79. The van der Waals surface area contributed by atoms with E-state index >= 15 is 0 Å². The summed E-state index contributed by atoms with van der Waals surface area (Å²) in [7, 11) is 0. The van der Waals surface area contributed by atoms with E-state index in [2.05, 4.69) is 15.9 Å². The molecule has 1 heterocycles. The fraction of sp³-hybridized carbons (Fsp3) is 0.143. The largest absolute Gasteiger partial charge is 0.287 e. The number of ketones is 1. The van der Waals surface area contributed by atoms with Crippen LogP contribution in [0.15, 0.2) is 59.3 Å². The van der Waals surface area contributed by atoms with E-state index in [1.54, 1.807) is 0 Å². The molecule has 1 aromatic carbocycles. The van der Waals surface area contributed by atoms with Crippen LogP contribution in [0.3, 0.4) is 0 Å². The average molecular weight is 291 g/mol. The van der Waals surface area contributed by atoms with E-state index in [0.29, 0.717) is 0 Å². The van der Waals surface area contributed by atoms with Gasteiger partial charge in [-0.25, -0.2) is 0 Å². The third-order valence-corrected chi connectivity index (χ3v) is 3.14. The molecule has 0 unspecified atom stereocenters. The molecule has 86 valence electrons. The van der Waals surface area contributed by atoms with Gasteiger partial charge < -0.3 is 0 Å². The monoisotopic (exact) mass is 290 g/mol. The van der Waals surface area contributed by atoms with Gasteiger partial charge in [0.2, 0.25) is 11.8 Å². The van der Waals surface area contributed by atoms with Gasteiger partial charge in [0.1, 0.15) is 0 Å². The maximum Gasteiger partial charge on any atom is 0.230 e. The van der Waals surface area contributed by atoms with Gasteiger partial charge in [-0.2, -0.15) is 4.57 Å². The molecule has 0 N–H and O–H groups in total. The molecule has 1 atom stereocenters. The zero-order valence-corrected chi connectivity index (χ0v) is 11.1. The van der Waals surface area contributed by atoms with Gasteiger partial charge in [-0.05, 0) is 22.0 Å². The topological polar surface area (TPSA) is 20.9 Å². The molecule has 1 aromatic heterocycles. The summed E-state index contributed by atoms with van der Waals surface area (Å²) in [6.45, 7) is 1.90. The van der Waals surface area contributed by atoms with E-state index in [4.69, 9.17) is 0 Å². The van der Waals surface area contributed by atoms with Crippen molar-refractivity contribution < 1.29 is 9.36 Å². The van der Waals surface area contributed by atoms with E-state index in [0.717, 1.165) is 10.0 Å². The highest BCUT2D eigenvalue weighted by Gasteiger charge is 2.22. The van der Waals surface area contributed by atoms with Crippen LogP contribution in [0.1, 0.15) is 23.3 Å². The van der Waals surface area contributed by atoms with Crippen LogP contribution in [-0.2, 0) is 0 Å². The Morgan fingerprint density at radius 3 is 2.53 bits per heavy atom. The van der Waals surface area contributed by atoms with Crippen LogP contribution in [0.25, 0.3) is 0 Å². The van der Waals surface area contributed by atoms with E-state index in [1.165, 1.54) is 0 Å². The molecular weight excluding hydrogens is 278 g/mol. The summed E-state index contributed by atoms with van der Waals surface area (Å²) in [6.07, 6.45) is 3.81. The Morgan fingerprint density at radius 1 is 1.18 bits per heavy atom. The van der Waals surface area contributed by atoms with Crippen LogP contribution in [-0.4, -0.2) is 5.78 Å². The quantitative estimate of drug-likeness (QED) is 0.628. The first-order chi connectivity index (χ1) is 8.18. The summed E-state index contributed by atoms with van der Waals surface area (Å²) in [5.74, 6) is 0.119. The maximum atomic E-state index is 12.2. The number of carbonyl (C=O) groups is 1. The van der Waals surface area contributed by atoms with Crippen molar-refractivity contribution in [3.05, 3.63) is 64.9 Å². The molecule has 0 amide bonds. The van der Waals surface area contributed by atoms with Crippen LogP contribution < -0.4 is 4.57 Å². The first-order valence-electron chi connectivity index (χ1n) is 5.44. The molecule has 0 aliphatic rings. The third-order valence-electron chi connectivity index (χ3n) is 2.67. The molecule has 0 saturated heterocycles. The number of hydrogen-bond acceptors (Lipinski definition) is 1. The Labute approximate surface area is 109 Å². The van der Waals surface area contributed by atoms with Gasteiger partial charge in [-0.15, -0.1) is 0 Å². The number of rotatable bonds is 3. The van der Waals surface area contributed by atoms with Crippen molar-refractivity contribution >= 4 is 21.7 Å². The van der Waals surface area contributed by atoms with Crippen molar-refractivity contribution in [1.82, 2.24) is 0 Å². The van der Waals surface area contributed by atoms with Crippen LogP contribution >= 0.6 is 15.9 Å². The zero-order chi connectivity index (χ0) is 12.3. The van der Waals surface area contributed by atoms with Crippen LogP contribution in [0.5, 0.6) is 0 Å². The third kappa shape index (κ3) is 2.80. The van der Waals surface area contributed by atoms with Gasteiger partial charge in [0.15, 0.2) is 12.4 Å². The van der Waals surface area contributed by atoms with Crippen LogP contribution in [0.2, 0.25) is 0 Å². The number of benzene rings is 1. The number of nitrogens with zero attached hydrogens (tertiary/aromatic N) is 1. The van der Waals surface area contributed by atoms with Gasteiger partial charge in [0.05, 0.1) is 4.47 Å². The van der Waals surface area contributed by atoms with Gasteiger partial charge in [0, 0.05) is 18.6 Å². The van der Waals surface area contributed by atoms with Crippen molar-refractivity contribution in [2.24, 2.45) is 0 Å². The number of halogens is 1. The summed E-state index contributed by atoms with van der Waals surface area (Å²) < 4.78 is 2.87. The SMILES string of the molecule is C[C@H](C(=O)c1ccccc1)[n+]1cccc(Br)c1. The van der Waals surface area contributed by atoms with Gasteiger partial charge in [-0.1, -0.05) is 30.3 Å². The molecule has 0 spiro atoms. The van der Waals surface area contributed by atoms with Crippen LogP contribution in [0.4, 0.5) is 0 Å². The smallest absolute Gasteiger partial charge is 0.230 e. The lowest BCUT2D eigenvalue weighted by Gasteiger charge is -2.06. The minimum absolute atomic E-state index is 0.119. The molecule has 0 radical (unpaired) electrons. The highest BCUT2D eigenvalue weighted by molar-refractivity contribution is 9.10.